The van der Waals surface area contributed by atoms with Crippen LogP contribution in [0.5, 0.6) is 0 Å². The topological polar surface area (TPSA) is 12.0 Å². The number of nitrogens with one attached hydrogen (secondary N) is 1. The highest BCUT2D eigenvalue weighted by atomic mass is 14.9. The monoisotopic (exact) mass is 185 g/mol. The summed E-state index contributed by atoms with van der Waals surface area (Å²) in [5.74, 6) is 1.75. The first-order valence-corrected chi connectivity index (χ1v) is 5.86. The maximum atomic E-state index is 3.41. The van der Waals surface area contributed by atoms with E-state index in [2.05, 4.69) is 40.1 Å². The Kier molecular flexibility index (Phi) is 7.35. The van der Waals surface area contributed by atoms with Crippen molar-refractivity contribution in [3.63, 3.8) is 0 Å². The molecule has 0 radical (unpaired) electrons. The Bertz CT molecular complexity index is 104. The fourth-order valence-electron chi connectivity index (χ4n) is 2.20. The molecule has 0 aliphatic rings. The third kappa shape index (κ3) is 4.66. The van der Waals surface area contributed by atoms with Crippen molar-refractivity contribution < 1.29 is 0 Å². The van der Waals surface area contributed by atoms with Gasteiger partial charge in [-0.3, -0.25) is 0 Å². The van der Waals surface area contributed by atoms with Crippen molar-refractivity contribution in [3.05, 3.63) is 0 Å². The van der Waals surface area contributed by atoms with Crippen LogP contribution in [-0.2, 0) is 0 Å². The summed E-state index contributed by atoms with van der Waals surface area (Å²) in [5, 5.41) is 3.41. The normalized spacial score (nSPS) is 16.2. The summed E-state index contributed by atoms with van der Waals surface area (Å²) in [7, 11) is 2.08. The smallest absolute Gasteiger partial charge is 0.00871 e. The summed E-state index contributed by atoms with van der Waals surface area (Å²) in [6, 6.07) is 0.709. The second-order valence-corrected chi connectivity index (χ2v) is 4.20. The molecule has 0 amide bonds. The first-order chi connectivity index (χ1) is 6.19. The largest absolute Gasteiger partial charge is 0.317 e. The van der Waals surface area contributed by atoms with Gasteiger partial charge in [-0.25, -0.2) is 0 Å². The van der Waals surface area contributed by atoms with Crippen molar-refractivity contribution in [2.75, 3.05) is 7.05 Å². The number of hydrogen-bond acceptors (Lipinski definition) is 1. The minimum absolute atomic E-state index is 0.709. The van der Waals surface area contributed by atoms with E-state index in [1.165, 1.54) is 25.7 Å². The minimum atomic E-state index is 0.709. The molecule has 0 aromatic heterocycles. The fraction of sp³-hybridized carbons (Fsp3) is 1.00. The summed E-state index contributed by atoms with van der Waals surface area (Å²) in [5.41, 5.74) is 0. The Balaban J connectivity index is 3.87. The van der Waals surface area contributed by atoms with Crippen molar-refractivity contribution in [2.45, 2.75) is 59.4 Å². The third-order valence-corrected chi connectivity index (χ3v) is 3.36. The molecule has 0 aliphatic heterocycles. The summed E-state index contributed by atoms with van der Waals surface area (Å²) >= 11 is 0. The molecule has 2 atom stereocenters. The molecule has 80 valence electrons. The van der Waals surface area contributed by atoms with Crippen molar-refractivity contribution >= 4 is 0 Å². The van der Waals surface area contributed by atoms with Gasteiger partial charge in [-0.05, 0) is 31.7 Å². The lowest BCUT2D eigenvalue weighted by Gasteiger charge is -2.25. The predicted octanol–water partition coefficient (Wildman–Crippen LogP) is 3.45. The molecule has 0 aromatic rings. The highest BCUT2D eigenvalue weighted by Gasteiger charge is 2.16. The van der Waals surface area contributed by atoms with Crippen molar-refractivity contribution in [1.29, 1.82) is 0 Å². The van der Waals surface area contributed by atoms with Crippen LogP contribution in [0.15, 0.2) is 0 Å². The Morgan fingerprint density at radius 2 is 1.54 bits per heavy atom. The van der Waals surface area contributed by atoms with E-state index in [4.69, 9.17) is 0 Å². The van der Waals surface area contributed by atoms with Crippen molar-refractivity contribution in [2.24, 2.45) is 11.8 Å². The lowest BCUT2D eigenvalue weighted by Crippen LogP contribution is -2.32. The van der Waals surface area contributed by atoms with E-state index in [9.17, 15) is 0 Å². The van der Waals surface area contributed by atoms with Crippen molar-refractivity contribution in [1.82, 2.24) is 5.32 Å². The second-order valence-electron chi connectivity index (χ2n) is 4.20. The average Bonchev–Trinajstić information content (AvgIpc) is 2.16. The molecule has 2 unspecified atom stereocenters. The highest BCUT2D eigenvalue weighted by molar-refractivity contribution is 4.72. The van der Waals surface area contributed by atoms with Gasteiger partial charge in [-0.1, -0.05) is 40.5 Å². The molecule has 0 bridgehead atoms. The molecular formula is C12H27N. The highest BCUT2D eigenvalue weighted by Crippen LogP contribution is 2.21. The predicted molar refractivity (Wildman–Crippen MR) is 61.0 cm³/mol. The van der Waals surface area contributed by atoms with Gasteiger partial charge < -0.3 is 5.32 Å². The summed E-state index contributed by atoms with van der Waals surface area (Å²) < 4.78 is 0. The molecule has 0 fully saturated rings. The van der Waals surface area contributed by atoms with Gasteiger partial charge in [0, 0.05) is 6.04 Å². The van der Waals surface area contributed by atoms with Gasteiger partial charge in [-0.15, -0.1) is 0 Å². The molecular weight excluding hydrogens is 158 g/mol. The van der Waals surface area contributed by atoms with Crippen LogP contribution < -0.4 is 5.32 Å². The molecule has 0 saturated carbocycles. The van der Waals surface area contributed by atoms with Gasteiger partial charge in [0.25, 0.3) is 0 Å². The van der Waals surface area contributed by atoms with E-state index in [1.54, 1.807) is 0 Å². The lowest BCUT2D eigenvalue weighted by molar-refractivity contribution is 0.299. The molecule has 0 rings (SSSR count). The number of rotatable bonds is 7. The van der Waals surface area contributed by atoms with Gasteiger partial charge >= 0.3 is 0 Å². The molecule has 0 aromatic carbocycles. The second kappa shape index (κ2) is 7.37. The zero-order valence-corrected chi connectivity index (χ0v) is 10.1. The average molecular weight is 185 g/mol. The summed E-state index contributed by atoms with van der Waals surface area (Å²) in [6.07, 6.45) is 5.30. The Morgan fingerprint density at radius 3 is 1.85 bits per heavy atom. The fourth-order valence-corrected chi connectivity index (χ4v) is 2.20. The zero-order valence-electron chi connectivity index (χ0n) is 10.1. The standard InChI is InChI=1S/C12H27N/c1-6-11(7-2)9-10(4)12(8-3)13-5/h10-13H,6-9H2,1-5H3. The molecule has 1 nitrogen and oxygen atoms in total. The van der Waals surface area contributed by atoms with Gasteiger partial charge in [0.2, 0.25) is 0 Å². The molecule has 0 aliphatic carbocycles. The van der Waals surface area contributed by atoms with E-state index >= 15 is 0 Å². The van der Waals surface area contributed by atoms with Crippen LogP contribution in [-0.4, -0.2) is 13.1 Å². The molecule has 1 heteroatoms. The van der Waals surface area contributed by atoms with Crippen LogP contribution >= 0.6 is 0 Å². The van der Waals surface area contributed by atoms with E-state index in [1.807, 2.05) is 0 Å². The zero-order chi connectivity index (χ0) is 10.3. The first kappa shape index (κ1) is 13.0. The lowest BCUT2D eigenvalue weighted by atomic mass is 9.86. The third-order valence-electron chi connectivity index (χ3n) is 3.36. The Labute approximate surface area is 84.3 Å². The number of hydrogen-bond donors (Lipinski definition) is 1. The molecule has 0 spiro atoms. The minimum Gasteiger partial charge on any atom is -0.317 e. The van der Waals surface area contributed by atoms with Gasteiger partial charge in [0.05, 0.1) is 0 Å². The Morgan fingerprint density at radius 1 is 1.00 bits per heavy atom. The SMILES string of the molecule is CCC(CC)CC(C)C(CC)NC. The Hall–Kier alpha value is -0.0400. The van der Waals surface area contributed by atoms with E-state index in [0.29, 0.717) is 6.04 Å². The molecule has 0 saturated heterocycles. The van der Waals surface area contributed by atoms with Crippen LogP contribution in [0, 0.1) is 11.8 Å². The van der Waals surface area contributed by atoms with Gasteiger partial charge in [0.1, 0.15) is 0 Å². The van der Waals surface area contributed by atoms with Crippen LogP contribution in [0.25, 0.3) is 0 Å². The van der Waals surface area contributed by atoms with E-state index < -0.39 is 0 Å². The van der Waals surface area contributed by atoms with Crippen molar-refractivity contribution in [3.8, 4) is 0 Å². The summed E-state index contributed by atoms with van der Waals surface area (Å²) in [4.78, 5) is 0. The van der Waals surface area contributed by atoms with Crippen LogP contribution in [0.2, 0.25) is 0 Å². The molecule has 0 heterocycles. The summed E-state index contributed by atoms with van der Waals surface area (Å²) in [6.45, 7) is 9.26. The van der Waals surface area contributed by atoms with Gasteiger partial charge in [0.15, 0.2) is 0 Å². The quantitative estimate of drug-likeness (QED) is 0.640. The van der Waals surface area contributed by atoms with Crippen LogP contribution in [0.3, 0.4) is 0 Å². The van der Waals surface area contributed by atoms with E-state index in [-0.39, 0.29) is 0 Å². The van der Waals surface area contributed by atoms with Crippen LogP contribution in [0.1, 0.15) is 53.4 Å². The maximum absolute atomic E-state index is 3.41. The molecule has 13 heavy (non-hydrogen) atoms. The maximum Gasteiger partial charge on any atom is 0.00871 e. The first-order valence-electron chi connectivity index (χ1n) is 5.86. The molecule has 1 N–H and O–H groups in total. The van der Waals surface area contributed by atoms with Gasteiger partial charge in [-0.2, -0.15) is 0 Å². The van der Waals surface area contributed by atoms with Crippen LogP contribution in [0.4, 0.5) is 0 Å². The van der Waals surface area contributed by atoms with E-state index in [0.717, 1.165) is 11.8 Å².